The van der Waals surface area contributed by atoms with Gasteiger partial charge in [0.2, 0.25) is 0 Å². The minimum atomic E-state index is -0.240. The van der Waals surface area contributed by atoms with Crippen molar-refractivity contribution >= 4 is 22.5 Å². The Kier molecular flexibility index (Phi) is 2.91. The summed E-state index contributed by atoms with van der Waals surface area (Å²) >= 11 is 6.16. The van der Waals surface area contributed by atoms with Crippen LogP contribution in [0.5, 0.6) is 0 Å². The molecule has 0 radical (unpaired) electrons. The van der Waals surface area contributed by atoms with Crippen LogP contribution in [0.1, 0.15) is 5.56 Å². The Morgan fingerprint density at radius 2 is 1.84 bits per heavy atom. The van der Waals surface area contributed by atoms with Gasteiger partial charge in [-0.05, 0) is 42.8 Å². The third-order valence-electron chi connectivity index (χ3n) is 2.97. The van der Waals surface area contributed by atoms with Crippen LogP contribution in [0.4, 0.5) is 4.39 Å². The van der Waals surface area contributed by atoms with Crippen molar-refractivity contribution in [2.75, 3.05) is 0 Å². The normalized spacial score (nSPS) is 10.9. The summed E-state index contributed by atoms with van der Waals surface area (Å²) in [4.78, 5) is 8.73. The number of halogens is 2. The molecule has 0 saturated carbocycles. The lowest BCUT2D eigenvalue weighted by Gasteiger charge is -2.05. The fourth-order valence-electron chi connectivity index (χ4n) is 1.95. The van der Waals surface area contributed by atoms with Crippen molar-refractivity contribution in [2.24, 2.45) is 0 Å². The van der Waals surface area contributed by atoms with Gasteiger partial charge in [-0.1, -0.05) is 23.7 Å². The minimum Gasteiger partial charge on any atom is -0.228 e. The van der Waals surface area contributed by atoms with Crippen molar-refractivity contribution in [3.05, 3.63) is 59.0 Å². The SMILES string of the molecule is Cc1cc(-c2nc(Cl)c3ccccc3n2)ccc1F. The third kappa shape index (κ3) is 2.17. The molecule has 19 heavy (non-hydrogen) atoms. The molecule has 0 fully saturated rings. The second-order valence-electron chi connectivity index (χ2n) is 4.32. The lowest BCUT2D eigenvalue weighted by atomic mass is 10.1. The Morgan fingerprint density at radius 1 is 1.05 bits per heavy atom. The molecule has 94 valence electrons. The first kappa shape index (κ1) is 12.1. The lowest BCUT2D eigenvalue weighted by molar-refractivity contribution is 0.618. The van der Waals surface area contributed by atoms with Gasteiger partial charge in [-0.3, -0.25) is 0 Å². The van der Waals surface area contributed by atoms with Crippen LogP contribution in [-0.2, 0) is 0 Å². The van der Waals surface area contributed by atoms with Crippen molar-refractivity contribution in [1.29, 1.82) is 0 Å². The molecule has 0 aliphatic rings. The highest BCUT2D eigenvalue weighted by atomic mass is 35.5. The summed E-state index contributed by atoms with van der Waals surface area (Å²) in [6.07, 6.45) is 0. The number of hydrogen-bond donors (Lipinski definition) is 0. The van der Waals surface area contributed by atoms with Crippen molar-refractivity contribution in [3.8, 4) is 11.4 Å². The third-order valence-corrected chi connectivity index (χ3v) is 3.26. The highest BCUT2D eigenvalue weighted by molar-refractivity contribution is 6.34. The zero-order valence-electron chi connectivity index (χ0n) is 10.2. The molecular formula is C15H10ClFN2. The van der Waals surface area contributed by atoms with E-state index in [4.69, 9.17) is 11.6 Å². The molecule has 2 aromatic carbocycles. The Labute approximate surface area is 114 Å². The van der Waals surface area contributed by atoms with Crippen molar-refractivity contribution in [3.63, 3.8) is 0 Å². The molecule has 0 N–H and O–H groups in total. The first-order valence-corrected chi connectivity index (χ1v) is 6.22. The second-order valence-corrected chi connectivity index (χ2v) is 4.68. The summed E-state index contributed by atoms with van der Waals surface area (Å²) in [5, 5.41) is 1.22. The summed E-state index contributed by atoms with van der Waals surface area (Å²) in [6, 6.07) is 12.3. The van der Waals surface area contributed by atoms with Crippen molar-refractivity contribution < 1.29 is 4.39 Å². The maximum absolute atomic E-state index is 13.3. The number of aryl methyl sites for hydroxylation is 1. The monoisotopic (exact) mass is 272 g/mol. The summed E-state index contributed by atoms with van der Waals surface area (Å²) in [5.74, 6) is 0.266. The Hall–Kier alpha value is -2.00. The number of fused-ring (bicyclic) bond motifs is 1. The van der Waals surface area contributed by atoms with E-state index in [2.05, 4.69) is 9.97 Å². The average molecular weight is 273 g/mol. The van der Waals surface area contributed by atoms with Gasteiger partial charge in [-0.15, -0.1) is 0 Å². The average Bonchev–Trinajstić information content (AvgIpc) is 2.42. The van der Waals surface area contributed by atoms with Crippen LogP contribution in [-0.4, -0.2) is 9.97 Å². The second kappa shape index (κ2) is 4.59. The number of hydrogen-bond acceptors (Lipinski definition) is 2. The van der Waals surface area contributed by atoms with Gasteiger partial charge in [0.25, 0.3) is 0 Å². The fourth-order valence-corrected chi connectivity index (χ4v) is 2.19. The van der Waals surface area contributed by atoms with Gasteiger partial charge in [0, 0.05) is 10.9 Å². The lowest BCUT2D eigenvalue weighted by Crippen LogP contribution is -1.93. The van der Waals surface area contributed by atoms with Gasteiger partial charge < -0.3 is 0 Å². The maximum Gasteiger partial charge on any atom is 0.161 e. The molecule has 0 aliphatic heterocycles. The number of nitrogens with zero attached hydrogens (tertiary/aromatic N) is 2. The van der Waals surface area contributed by atoms with Crippen LogP contribution >= 0.6 is 11.6 Å². The van der Waals surface area contributed by atoms with Gasteiger partial charge in [-0.2, -0.15) is 0 Å². The quantitative estimate of drug-likeness (QED) is 0.614. The van der Waals surface area contributed by atoms with Crippen molar-refractivity contribution in [1.82, 2.24) is 9.97 Å². The van der Waals surface area contributed by atoms with Crippen LogP contribution in [0.15, 0.2) is 42.5 Å². The van der Waals surface area contributed by atoms with Crippen LogP contribution in [0, 0.1) is 12.7 Å². The van der Waals surface area contributed by atoms with Gasteiger partial charge in [0.15, 0.2) is 5.82 Å². The molecule has 0 bridgehead atoms. The van der Waals surface area contributed by atoms with E-state index in [1.165, 1.54) is 6.07 Å². The molecule has 4 heteroatoms. The van der Waals surface area contributed by atoms with E-state index in [1.807, 2.05) is 24.3 Å². The first-order chi connectivity index (χ1) is 9.15. The number of aromatic nitrogens is 2. The van der Waals surface area contributed by atoms with E-state index in [-0.39, 0.29) is 5.82 Å². The van der Waals surface area contributed by atoms with Crippen LogP contribution in [0.2, 0.25) is 5.15 Å². The number of rotatable bonds is 1. The molecule has 3 aromatic rings. The summed E-state index contributed by atoms with van der Waals surface area (Å²) in [6.45, 7) is 1.71. The largest absolute Gasteiger partial charge is 0.228 e. The Bertz CT molecular complexity index is 771. The molecule has 1 heterocycles. The zero-order chi connectivity index (χ0) is 13.4. The van der Waals surface area contributed by atoms with Gasteiger partial charge >= 0.3 is 0 Å². The van der Waals surface area contributed by atoms with Gasteiger partial charge in [0.05, 0.1) is 5.52 Å². The topological polar surface area (TPSA) is 25.8 Å². The molecule has 3 rings (SSSR count). The summed E-state index contributed by atoms with van der Waals surface area (Å²) < 4.78 is 13.3. The predicted molar refractivity (Wildman–Crippen MR) is 74.7 cm³/mol. The molecule has 2 nitrogen and oxygen atoms in total. The molecule has 0 spiro atoms. The Morgan fingerprint density at radius 3 is 2.63 bits per heavy atom. The molecule has 1 aromatic heterocycles. The molecule has 0 amide bonds. The molecule has 0 aliphatic carbocycles. The fraction of sp³-hybridized carbons (Fsp3) is 0.0667. The highest BCUT2D eigenvalue weighted by Crippen LogP contribution is 2.25. The highest BCUT2D eigenvalue weighted by Gasteiger charge is 2.08. The number of para-hydroxylation sites is 1. The standard InChI is InChI=1S/C15H10ClFN2/c1-9-8-10(6-7-12(9)17)15-18-13-5-3-2-4-11(13)14(16)19-15/h2-8H,1H3. The van der Waals surface area contributed by atoms with E-state index < -0.39 is 0 Å². The summed E-state index contributed by atoms with van der Waals surface area (Å²) in [7, 11) is 0. The molecular weight excluding hydrogens is 263 g/mol. The molecule has 0 unspecified atom stereocenters. The van der Waals surface area contributed by atoms with Gasteiger partial charge in [0.1, 0.15) is 11.0 Å². The maximum atomic E-state index is 13.3. The van der Waals surface area contributed by atoms with Crippen LogP contribution < -0.4 is 0 Å². The predicted octanol–water partition coefficient (Wildman–Crippen LogP) is 4.40. The van der Waals surface area contributed by atoms with E-state index >= 15 is 0 Å². The van der Waals surface area contributed by atoms with Gasteiger partial charge in [-0.25, -0.2) is 14.4 Å². The molecule has 0 atom stereocenters. The van der Waals surface area contributed by atoms with E-state index in [0.717, 1.165) is 16.5 Å². The smallest absolute Gasteiger partial charge is 0.161 e. The molecule has 0 saturated heterocycles. The van der Waals surface area contributed by atoms with Crippen LogP contribution in [0.25, 0.3) is 22.3 Å². The van der Waals surface area contributed by atoms with E-state index in [0.29, 0.717) is 16.5 Å². The van der Waals surface area contributed by atoms with E-state index in [9.17, 15) is 4.39 Å². The first-order valence-electron chi connectivity index (χ1n) is 5.84. The summed E-state index contributed by atoms with van der Waals surface area (Å²) in [5.41, 5.74) is 2.09. The minimum absolute atomic E-state index is 0.240. The van der Waals surface area contributed by atoms with Crippen molar-refractivity contribution in [2.45, 2.75) is 6.92 Å². The Balaban J connectivity index is 2.22. The number of benzene rings is 2. The van der Waals surface area contributed by atoms with Crippen LogP contribution in [0.3, 0.4) is 0 Å². The zero-order valence-corrected chi connectivity index (χ0v) is 10.9. The van der Waals surface area contributed by atoms with E-state index in [1.54, 1.807) is 19.1 Å².